The first-order valence-corrected chi connectivity index (χ1v) is 7.86. The van der Waals surface area contributed by atoms with E-state index in [1.165, 1.54) is 0 Å². The molecule has 5 nitrogen and oxygen atoms in total. The molecule has 0 amide bonds. The van der Waals surface area contributed by atoms with Gasteiger partial charge in [0.05, 0.1) is 12.0 Å². The molecule has 1 aromatic rings. The Morgan fingerprint density at radius 3 is 2.45 bits per heavy atom. The molecule has 0 aromatic carbocycles. The van der Waals surface area contributed by atoms with Gasteiger partial charge in [0.25, 0.3) is 0 Å². The van der Waals surface area contributed by atoms with Gasteiger partial charge >= 0.3 is 0 Å². The summed E-state index contributed by atoms with van der Waals surface area (Å²) in [4.78, 5) is 7.51. The van der Waals surface area contributed by atoms with Crippen LogP contribution in [0.15, 0.2) is 0 Å². The number of hydrogen-bond acceptors (Lipinski definition) is 6. The van der Waals surface area contributed by atoms with Crippen molar-refractivity contribution < 1.29 is 9.84 Å². The number of aliphatic hydroxyl groups is 1. The molecule has 0 aliphatic carbocycles. The van der Waals surface area contributed by atoms with E-state index in [1.54, 1.807) is 18.4 Å². The second-order valence-corrected chi connectivity index (χ2v) is 6.35. The second kappa shape index (κ2) is 7.81. The van der Waals surface area contributed by atoms with Gasteiger partial charge in [0.15, 0.2) is 5.13 Å². The summed E-state index contributed by atoms with van der Waals surface area (Å²) in [6, 6.07) is 0. The van der Waals surface area contributed by atoms with Crippen molar-refractivity contribution in [3.63, 3.8) is 0 Å². The zero-order valence-electron chi connectivity index (χ0n) is 13.2. The Bertz CT molecular complexity index is 395. The van der Waals surface area contributed by atoms with Gasteiger partial charge in [-0.1, -0.05) is 25.2 Å². The maximum absolute atomic E-state index is 9.57. The van der Waals surface area contributed by atoms with Crippen molar-refractivity contribution in [2.45, 2.75) is 33.2 Å². The van der Waals surface area contributed by atoms with Crippen molar-refractivity contribution in [2.75, 3.05) is 39.3 Å². The summed E-state index contributed by atoms with van der Waals surface area (Å²) < 4.78 is 5.32. The van der Waals surface area contributed by atoms with Crippen molar-refractivity contribution in [3.8, 4) is 5.88 Å². The van der Waals surface area contributed by atoms with E-state index >= 15 is 0 Å². The van der Waals surface area contributed by atoms with E-state index in [1.807, 2.05) is 19.0 Å². The van der Waals surface area contributed by atoms with Crippen molar-refractivity contribution in [2.24, 2.45) is 5.41 Å². The lowest BCUT2D eigenvalue weighted by Crippen LogP contribution is -2.36. The highest BCUT2D eigenvalue weighted by atomic mass is 32.1. The summed E-state index contributed by atoms with van der Waals surface area (Å²) in [5.74, 6) is 0.689. The van der Waals surface area contributed by atoms with Gasteiger partial charge in [-0.25, -0.2) is 0 Å². The molecule has 0 aliphatic rings. The van der Waals surface area contributed by atoms with Crippen molar-refractivity contribution in [1.29, 1.82) is 0 Å². The number of nitrogens with one attached hydrogen (secondary N) is 1. The number of anilines is 1. The summed E-state index contributed by atoms with van der Waals surface area (Å²) in [5.41, 5.74) is -0.0255. The maximum Gasteiger partial charge on any atom is 0.230 e. The minimum Gasteiger partial charge on any atom is -0.480 e. The average molecular weight is 301 g/mol. The molecule has 1 rings (SSSR count). The Labute approximate surface area is 126 Å². The number of rotatable bonds is 9. The summed E-state index contributed by atoms with van der Waals surface area (Å²) in [7, 11) is 5.59. The fraction of sp³-hybridized carbons (Fsp3) is 0.786. The molecule has 0 saturated carbocycles. The van der Waals surface area contributed by atoms with E-state index in [4.69, 9.17) is 4.74 Å². The zero-order chi connectivity index (χ0) is 15.2. The molecule has 0 fully saturated rings. The van der Waals surface area contributed by atoms with Gasteiger partial charge in [-0.05, 0) is 12.8 Å². The highest BCUT2D eigenvalue weighted by Crippen LogP contribution is 2.31. The Balaban J connectivity index is 2.65. The highest BCUT2D eigenvalue weighted by Gasteiger charge is 2.25. The average Bonchev–Trinajstić information content (AvgIpc) is 2.87. The molecule has 20 heavy (non-hydrogen) atoms. The van der Waals surface area contributed by atoms with Crippen LogP contribution in [0.2, 0.25) is 0 Å². The Morgan fingerprint density at radius 1 is 1.35 bits per heavy atom. The first kappa shape index (κ1) is 17.2. The normalized spacial score (nSPS) is 11.7. The molecule has 0 spiro atoms. The van der Waals surface area contributed by atoms with Gasteiger partial charge in [0.2, 0.25) is 5.88 Å². The molecule has 1 heterocycles. The number of ether oxygens (including phenoxy) is 1. The highest BCUT2D eigenvalue weighted by molar-refractivity contribution is 7.15. The van der Waals surface area contributed by atoms with Gasteiger partial charge in [-0.3, -0.25) is 0 Å². The van der Waals surface area contributed by atoms with E-state index in [9.17, 15) is 5.11 Å². The summed E-state index contributed by atoms with van der Waals surface area (Å²) >= 11 is 1.63. The van der Waals surface area contributed by atoms with Crippen LogP contribution in [0.3, 0.4) is 0 Å². The molecular formula is C14H27N3O2S. The predicted octanol–water partition coefficient (Wildman–Crippen LogP) is 2.11. The lowest BCUT2D eigenvalue weighted by atomic mass is 9.83. The minimum absolute atomic E-state index is 0.0255. The van der Waals surface area contributed by atoms with Gasteiger partial charge in [-0.15, -0.1) is 0 Å². The van der Waals surface area contributed by atoms with Gasteiger partial charge in [-0.2, -0.15) is 4.98 Å². The molecule has 116 valence electrons. The molecule has 0 unspecified atom stereocenters. The van der Waals surface area contributed by atoms with E-state index in [-0.39, 0.29) is 12.0 Å². The molecule has 0 aliphatic heterocycles. The van der Waals surface area contributed by atoms with E-state index < -0.39 is 0 Å². The fourth-order valence-electron chi connectivity index (χ4n) is 2.01. The Kier molecular flexibility index (Phi) is 6.71. The van der Waals surface area contributed by atoms with Gasteiger partial charge in [0, 0.05) is 39.2 Å². The number of methoxy groups -OCH3 is 1. The second-order valence-electron chi connectivity index (χ2n) is 5.29. The molecule has 1 aromatic heterocycles. The SMILES string of the molecule is CCC(CC)(CO)CNCc1sc(N(C)C)nc1OC. The standard InChI is InChI=1S/C14H27N3O2S/c1-6-14(7-2,10-18)9-15-8-11-12(19-5)16-13(20-11)17(3)4/h15,18H,6-10H2,1-5H3. The third-order valence-electron chi connectivity index (χ3n) is 3.85. The summed E-state index contributed by atoms with van der Waals surface area (Å²) in [6.07, 6.45) is 1.94. The smallest absolute Gasteiger partial charge is 0.230 e. The van der Waals surface area contributed by atoms with E-state index in [0.29, 0.717) is 5.88 Å². The molecule has 0 atom stereocenters. The van der Waals surface area contributed by atoms with Crippen LogP contribution in [-0.4, -0.2) is 44.4 Å². The van der Waals surface area contributed by atoms with Crippen LogP contribution in [0, 0.1) is 5.41 Å². The number of thiazole rings is 1. The van der Waals surface area contributed by atoms with E-state index in [0.717, 1.165) is 35.9 Å². The summed E-state index contributed by atoms with van der Waals surface area (Å²) in [6.45, 7) is 5.98. The third kappa shape index (κ3) is 4.07. The van der Waals surface area contributed by atoms with Crippen LogP contribution in [0.25, 0.3) is 0 Å². The molecular weight excluding hydrogens is 274 g/mol. The molecule has 0 saturated heterocycles. The number of aliphatic hydroxyl groups excluding tert-OH is 1. The number of nitrogens with zero attached hydrogens (tertiary/aromatic N) is 2. The largest absolute Gasteiger partial charge is 0.480 e. The van der Waals surface area contributed by atoms with Crippen LogP contribution >= 0.6 is 11.3 Å². The van der Waals surface area contributed by atoms with E-state index in [2.05, 4.69) is 24.1 Å². The predicted molar refractivity (Wildman–Crippen MR) is 84.8 cm³/mol. The Hall–Kier alpha value is -0.850. The number of hydrogen-bond donors (Lipinski definition) is 2. The van der Waals surface area contributed by atoms with Crippen molar-refractivity contribution >= 4 is 16.5 Å². The van der Waals surface area contributed by atoms with Crippen LogP contribution < -0.4 is 15.0 Å². The zero-order valence-corrected chi connectivity index (χ0v) is 14.0. The lowest BCUT2D eigenvalue weighted by molar-refractivity contribution is 0.113. The third-order valence-corrected chi connectivity index (χ3v) is 5.05. The molecule has 2 N–H and O–H groups in total. The first-order valence-electron chi connectivity index (χ1n) is 7.04. The Morgan fingerprint density at radius 2 is 2.00 bits per heavy atom. The molecule has 0 bridgehead atoms. The van der Waals surface area contributed by atoms with Crippen LogP contribution in [-0.2, 0) is 6.54 Å². The lowest BCUT2D eigenvalue weighted by Gasteiger charge is -2.29. The number of aromatic nitrogens is 1. The fourth-order valence-corrected chi connectivity index (χ4v) is 2.93. The van der Waals surface area contributed by atoms with Crippen LogP contribution in [0.4, 0.5) is 5.13 Å². The van der Waals surface area contributed by atoms with Crippen LogP contribution in [0.1, 0.15) is 31.6 Å². The monoisotopic (exact) mass is 301 g/mol. The maximum atomic E-state index is 9.57. The van der Waals surface area contributed by atoms with Gasteiger partial charge in [0.1, 0.15) is 0 Å². The quantitative estimate of drug-likeness (QED) is 0.731. The topological polar surface area (TPSA) is 57.6 Å². The van der Waals surface area contributed by atoms with Crippen molar-refractivity contribution in [1.82, 2.24) is 10.3 Å². The molecule has 6 heteroatoms. The van der Waals surface area contributed by atoms with Crippen molar-refractivity contribution in [3.05, 3.63) is 4.88 Å². The molecule has 0 radical (unpaired) electrons. The first-order chi connectivity index (χ1) is 9.51. The van der Waals surface area contributed by atoms with Gasteiger partial charge < -0.3 is 20.1 Å². The van der Waals surface area contributed by atoms with Crippen LogP contribution in [0.5, 0.6) is 5.88 Å². The minimum atomic E-state index is -0.0255. The summed E-state index contributed by atoms with van der Waals surface area (Å²) in [5, 5.41) is 13.9.